The largest absolute Gasteiger partial charge is 0.450 e. The highest BCUT2D eigenvalue weighted by atomic mass is 16.5. The Hall–Kier alpha value is -3.48. The van der Waals surface area contributed by atoms with Crippen molar-refractivity contribution in [2.45, 2.75) is 44.6 Å². The number of unbranched alkanes of at least 4 members (excludes halogenated alkanes) is 1. The fourth-order valence-corrected chi connectivity index (χ4v) is 5.53. The fraction of sp³-hybridized carbons (Fsp3) is 0.571. The topological polar surface area (TPSA) is 153 Å². The Kier molecular flexibility index (Phi) is 9.30. The summed E-state index contributed by atoms with van der Waals surface area (Å²) in [5, 5.41) is 3.20. The number of nitrogens with one attached hydrogen (secondary N) is 1. The summed E-state index contributed by atoms with van der Waals surface area (Å²) < 4.78 is 13.2. The molecule has 0 radical (unpaired) electrons. The van der Waals surface area contributed by atoms with Crippen LogP contribution in [0.1, 0.15) is 54.9 Å². The Bertz CT molecular complexity index is 1260. The molecule has 0 amide bonds. The normalized spacial score (nSPS) is 17.8. The van der Waals surface area contributed by atoms with E-state index in [1.165, 1.54) is 0 Å². The van der Waals surface area contributed by atoms with Crippen molar-refractivity contribution in [3.63, 3.8) is 0 Å². The van der Waals surface area contributed by atoms with Gasteiger partial charge in [0.15, 0.2) is 29.1 Å². The highest BCUT2D eigenvalue weighted by Crippen LogP contribution is 2.41. The molecule has 216 valence electrons. The van der Waals surface area contributed by atoms with Gasteiger partial charge < -0.3 is 31.2 Å². The van der Waals surface area contributed by atoms with E-state index in [0.29, 0.717) is 41.5 Å². The van der Waals surface area contributed by atoms with Gasteiger partial charge in [-0.25, -0.2) is 4.79 Å². The molecule has 12 heteroatoms. The summed E-state index contributed by atoms with van der Waals surface area (Å²) in [6.45, 7) is 7.83. The Morgan fingerprint density at radius 1 is 1.02 bits per heavy atom. The van der Waals surface area contributed by atoms with Crippen molar-refractivity contribution in [3.05, 3.63) is 40.4 Å². The zero-order valence-electron chi connectivity index (χ0n) is 23.0. The fourth-order valence-electron chi connectivity index (χ4n) is 5.53. The standard InChI is InChI=1S/C28H40N8O4/c29-27(30)31-9-3-11-34-12-7-21(8-13-34)36-19-25-26(33-28(36)38)32-22-18-20(5-6-24(22)40-25)23(37)4-1-2-10-35-14-16-39-17-15-35/h5-6,18-19,21H,1-4,7-17H2,(H4,29,30,31)(H,32,33,38). The number of benzene rings is 1. The molecule has 0 saturated carbocycles. The monoisotopic (exact) mass is 552 g/mol. The number of fused-ring (bicyclic) bond motifs is 2. The summed E-state index contributed by atoms with van der Waals surface area (Å²) in [6.07, 6.45) is 6.68. The van der Waals surface area contributed by atoms with Crippen LogP contribution in [-0.4, -0.2) is 90.1 Å². The van der Waals surface area contributed by atoms with Crippen LogP contribution in [0.15, 0.2) is 34.2 Å². The number of ether oxygens (including phenoxy) is 2. The van der Waals surface area contributed by atoms with Gasteiger partial charge in [-0.05, 0) is 63.4 Å². The van der Waals surface area contributed by atoms with Gasteiger partial charge in [0.25, 0.3) is 0 Å². The van der Waals surface area contributed by atoms with Crippen LogP contribution in [0.5, 0.6) is 11.5 Å². The number of nitrogens with two attached hydrogens (primary N) is 2. The SMILES string of the molecule is NC(N)=NCCCN1CCC(n2cc3c(nc2=O)Nc2cc(C(=O)CCCCN4CCOCC4)ccc2O3)CC1. The van der Waals surface area contributed by atoms with E-state index in [4.69, 9.17) is 20.9 Å². The second-order valence-corrected chi connectivity index (χ2v) is 10.6. The number of nitrogens with zero attached hydrogens (tertiary/aromatic N) is 5. The number of aliphatic imine (C=N–C) groups is 1. The molecular weight excluding hydrogens is 512 g/mol. The molecule has 12 nitrogen and oxygen atoms in total. The average Bonchev–Trinajstić information content (AvgIpc) is 2.96. The van der Waals surface area contributed by atoms with Crippen molar-refractivity contribution in [1.82, 2.24) is 19.4 Å². The van der Waals surface area contributed by atoms with E-state index in [-0.39, 0.29) is 23.5 Å². The predicted octanol–water partition coefficient (Wildman–Crippen LogP) is 2.08. The van der Waals surface area contributed by atoms with Crippen molar-refractivity contribution < 1.29 is 14.3 Å². The summed E-state index contributed by atoms with van der Waals surface area (Å²) in [7, 11) is 0. The average molecular weight is 553 g/mol. The van der Waals surface area contributed by atoms with Crippen LogP contribution in [-0.2, 0) is 4.74 Å². The molecule has 1 aromatic heterocycles. The zero-order chi connectivity index (χ0) is 27.9. The number of hydrogen-bond donors (Lipinski definition) is 3. The molecule has 40 heavy (non-hydrogen) atoms. The van der Waals surface area contributed by atoms with E-state index in [9.17, 15) is 9.59 Å². The molecule has 3 aliphatic rings. The maximum absolute atomic E-state index is 12.9. The minimum Gasteiger partial charge on any atom is -0.450 e. The summed E-state index contributed by atoms with van der Waals surface area (Å²) in [4.78, 5) is 38.8. The van der Waals surface area contributed by atoms with Gasteiger partial charge in [0, 0.05) is 50.7 Å². The van der Waals surface area contributed by atoms with Crippen LogP contribution in [0.3, 0.4) is 0 Å². The van der Waals surface area contributed by atoms with Gasteiger partial charge >= 0.3 is 5.69 Å². The first kappa shape index (κ1) is 28.1. The molecular formula is C28H40N8O4. The summed E-state index contributed by atoms with van der Waals surface area (Å²) in [6, 6.07) is 5.47. The maximum Gasteiger partial charge on any atom is 0.350 e. The van der Waals surface area contributed by atoms with Crippen LogP contribution in [0, 0.1) is 0 Å². The third-order valence-corrected chi connectivity index (χ3v) is 7.80. The van der Waals surface area contributed by atoms with Gasteiger partial charge in [-0.15, -0.1) is 0 Å². The second kappa shape index (κ2) is 13.2. The van der Waals surface area contributed by atoms with Crippen molar-refractivity contribution >= 4 is 23.2 Å². The van der Waals surface area contributed by atoms with E-state index < -0.39 is 0 Å². The molecule has 1 aromatic carbocycles. The number of aromatic nitrogens is 2. The summed E-state index contributed by atoms with van der Waals surface area (Å²) in [5.41, 5.74) is 11.7. The number of carbonyl (C=O) groups excluding carboxylic acids is 1. The first-order chi connectivity index (χ1) is 19.5. The van der Waals surface area contributed by atoms with Gasteiger partial charge in [-0.3, -0.25) is 19.3 Å². The van der Waals surface area contributed by atoms with Crippen molar-refractivity contribution in [2.75, 3.05) is 64.3 Å². The summed E-state index contributed by atoms with van der Waals surface area (Å²) in [5.74, 6) is 1.72. The predicted molar refractivity (Wildman–Crippen MR) is 154 cm³/mol. The van der Waals surface area contributed by atoms with E-state index in [1.54, 1.807) is 16.8 Å². The van der Waals surface area contributed by atoms with E-state index in [1.807, 2.05) is 12.1 Å². The Balaban J connectivity index is 1.14. The van der Waals surface area contributed by atoms with Crippen molar-refractivity contribution in [1.29, 1.82) is 0 Å². The van der Waals surface area contributed by atoms with Crippen LogP contribution in [0.25, 0.3) is 0 Å². The lowest BCUT2D eigenvalue weighted by molar-refractivity contribution is 0.0371. The number of carbonyl (C=O) groups is 1. The van der Waals surface area contributed by atoms with Crippen molar-refractivity contribution in [2.24, 2.45) is 16.5 Å². The van der Waals surface area contributed by atoms with E-state index >= 15 is 0 Å². The number of piperidine rings is 1. The van der Waals surface area contributed by atoms with Crippen LogP contribution in [0.2, 0.25) is 0 Å². The zero-order valence-corrected chi connectivity index (χ0v) is 23.0. The highest BCUT2D eigenvalue weighted by molar-refractivity contribution is 5.97. The lowest BCUT2D eigenvalue weighted by Crippen LogP contribution is -2.38. The number of anilines is 2. The molecule has 5 N–H and O–H groups in total. The lowest BCUT2D eigenvalue weighted by atomic mass is 10.0. The molecule has 0 bridgehead atoms. The Morgan fingerprint density at radius 3 is 2.55 bits per heavy atom. The first-order valence-electron chi connectivity index (χ1n) is 14.3. The number of Topliss-reactive ketones (excluding diaryl/α,β-unsaturated/α-hetero) is 1. The van der Waals surface area contributed by atoms with Gasteiger partial charge in [0.1, 0.15) is 0 Å². The van der Waals surface area contributed by atoms with Gasteiger partial charge in [-0.1, -0.05) is 0 Å². The smallest absolute Gasteiger partial charge is 0.350 e. The molecule has 0 aliphatic carbocycles. The van der Waals surface area contributed by atoms with Crippen LogP contribution in [0.4, 0.5) is 11.5 Å². The minimum absolute atomic E-state index is 0.0625. The maximum atomic E-state index is 12.9. The van der Waals surface area contributed by atoms with Gasteiger partial charge in [0.05, 0.1) is 25.1 Å². The Labute approximate surface area is 234 Å². The number of morpholine rings is 1. The highest BCUT2D eigenvalue weighted by Gasteiger charge is 2.26. The first-order valence-corrected chi connectivity index (χ1v) is 14.3. The third kappa shape index (κ3) is 7.18. The molecule has 3 aliphatic heterocycles. The molecule has 2 aromatic rings. The lowest BCUT2D eigenvalue weighted by Gasteiger charge is -2.33. The van der Waals surface area contributed by atoms with E-state index in [0.717, 1.165) is 84.6 Å². The molecule has 5 rings (SSSR count). The number of hydrogen-bond acceptors (Lipinski definition) is 9. The molecule has 0 atom stereocenters. The third-order valence-electron chi connectivity index (χ3n) is 7.80. The van der Waals surface area contributed by atoms with Gasteiger partial charge in [0.2, 0.25) is 0 Å². The molecule has 0 unspecified atom stereocenters. The second-order valence-electron chi connectivity index (χ2n) is 10.6. The van der Waals surface area contributed by atoms with Crippen LogP contribution >= 0.6 is 0 Å². The van der Waals surface area contributed by atoms with Crippen molar-refractivity contribution in [3.8, 4) is 11.5 Å². The minimum atomic E-state index is -0.308. The Morgan fingerprint density at radius 2 is 1.77 bits per heavy atom. The van der Waals surface area contributed by atoms with Gasteiger partial charge in [-0.2, -0.15) is 4.98 Å². The number of rotatable bonds is 11. The molecule has 4 heterocycles. The number of guanidine groups is 1. The molecule has 2 fully saturated rings. The quantitative estimate of drug-likeness (QED) is 0.139. The summed E-state index contributed by atoms with van der Waals surface area (Å²) >= 11 is 0. The van der Waals surface area contributed by atoms with Crippen LogP contribution < -0.4 is 27.2 Å². The number of likely N-dealkylation sites (tertiary alicyclic amines) is 1. The molecule has 0 spiro atoms. The number of ketones is 1. The van der Waals surface area contributed by atoms with E-state index in [2.05, 4.69) is 25.1 Å². The molecule has 2 saturated heterocycles.